The summed E-state index contributed by atoms with van der Waals surface area (Å²) >= 11 is 0. The highest BCUT2D eigenvalue weighted by Crippen LogP contribution is 2.20. The van der Waals surface area contributed by atoms with E-state index in [4.69, 9.17) is 20.6 Å². The molecule has 0 aromatic heterocycles. The monoisotopic (exact) mass is 382 g/mol. The van der Waals surface area contributed by atoms with Gasteiger partial charge in [-0.1, -0.05) is 17.7 Å². The van der Waals surface area contributed by atoms with Crippen LogP contribution in [0.2, 0.25) is 0 Å². The second-order valence-corrected chi connectivity index (χ2v) is 6.29. The van der Waals surface area contributed by atoms with Gasteiger partial charge in [-0.05, 0) is 31.2 Å². The summed E-state index contributed by atoms with van der Waals surface area (Å²) < 4.78 is 29.6. The van der Waals surface area contributed by atoms with E-state index in [9.17, 15) is 13.5 Å². The first kappa shape index (κ1) is 20.9. The van der Waals surface area contributed by atoms with E-state index in [0.29, 0.717) is 5.56 Å². The van der Waals surface area contributed by atoms with Crippen LogP contribution in [0.1, 0.15) is 11.1 Å². The van der Waals surface area contributed by atoms with Crippen LogP contribution in [-0.4, -0.2) is 40.6 Å². The van der Waals surface area contributed by atoms with E-state index in [-0.39, 0.29) is 22.4 Å². The number of phenolic OH excluding ortho intramolecular Hbond substituents is 2. The molecule has 0 aliphatic carbocycles. The molecule has 0 spiro atoms. The SMILES string of the molecule is Cc1ccc(S(=O)(=O)O)cc1.NC(=NN=Cc1ccc(O)cc1O)NO. The van der Waals surface area contributed by atoms with Crippen LogP contribution in [0.4, 0.5) is 0 Å². The summed E-state index contributed by atoms with van der Waals surface area (Å²) in [6, 6.07) is 9.99. The Morgan fingerprint density at radius 2 is 1.77 bits per heavy atom. The first-order valence-electron chi connectivity index (χ1n) is 6.96. The zero-order valence-corrected chi connectivity index (χ0v) is 14.4. The summed E-state index contributed by atoms with van der Waals surface area (Å²) in [4.78, 5) is -0.0666. The van der Waals surface area contributed by atoms with Gasteiger partial charge in [0, 0.05) is 11.6 Å². The summed E-state index contributed by atoms with van der Waals surface area (Å²) in [5, 5.41) is 33.4. The Kier molecular flexibility index (Phi) is 7.52. The molecular formula is C15H18N4O6S. The van der Waals surface area contributed by atoms with Crippen LogP contribution < -0.4 is 11.2 Å². The molecule has 10 nitrogen and oxygen atoms in total. The minimum Gasteiger partial charge on any atom is -0.508 e. The van der Waals surface area contributed by atoms with Gasteiger partial charge in [-0.3, -0.25) is 9.76 Å². The molecule has 0 aliphatic heterocycles. The Bertz CT molecular complexity index is 895. The number of hydrogen-bond donors (Lipinski definition) is 6. The zero-order valence-electron chi connectivity index (χ0n) is 13.6. The Morgan fingerprint density at radius 3 is 2.27 bits per heavy atom. The molecule has 0 saturated heterocycles. The lowest BCUT2D eigenvalue weighted by Gasteiger charge is -1.97. The van der Waals surface area contributed by atoms with Crippen molar-refractivity contribution in [2.24, 2.45) is 15.9 Å². The van der Waals surface area contributed by atoms with E-state index in [1.807, 2.05) is 6.92 Å². The van der Waals surface area contributed by atoms with Crippen LogP contribution >= 0.6 is 0 Å². The summed E-state index contributed by atoms with van der Waals surface area (Å²) in [7, 11) is -4.02. The predicted octanol–water partition coefficient (Wildman–Crippen LogP) is 0.967. The number of nitrogens with two attached hydrogens (primary N) is 1. The minimum absolute atomic E-state index is 0.0512. The number of hydroxylamine groups is 1. The molecule has 0 aliphatic rings. The van der Waals surface area contributed by atoms with Gasteiger partial charge in [-0.25, -0.2) is 5.48 Å². The number of guanidine groups is 1. The van der Waals surface area contributed by atoms with Crippen LogP contribution in [0, 0.1) is 6.92 Å². The lowest BCUT2D eigenvalue weighted by atomic mass is 10.2. The van der Waals surface area contributed by atoms with E-state index in [1.54, 1.807) is 17.6 Å². The molecule has 140 valence electrons. The smallest absolute Gasteiger partial charge is 0.294 e. The van der Waals surface area contributed by atoms with Crippen molar-refractivity contribution < 1.29 is 28.4 Å². The first-order valence-corrected chi connectivity index (χ1v) is 8.40. The van der Waals surface area contributed by atoms with Crippen LogP contribution in [0.5, 0.6) is 11.5 Å². The highest BCUT2D eigenvalue weighted by atomic mass is 32.2. The average Bonchev–Trinajstić information content (AvgIpc) is 2.57. The topological polar surface area (TPSA) is 178 Å². The number of nitrogens with one attached hydrogen (secondary N) is 1. The lowest BCUT2D eigenvalue weighted by Crippen LogP contribution is -2.27. The molecule has 0 amide bonds. The van der Waals surface area contributed by atoms with Gasteiger partial charge in [0.25, 0.3) is 10.1 Å². The molecule has 0 saturated carbocycles. The molecule has 2 aromatic carbocycles. The molecule has 0 atom stereocenters. The molecule has 2 rings (SSSR count). The Hall–Kier alpha value is -3.15. The fourth-order valence-corrected chi connectivity index (χ4v) is 2.01. The van der Waals surface area contributed by atoms with Gasteiger partial charge in [0.05, 0.1) is 11.1 Å². The number of aryl methyl sites for hydroxylation is 1. The van der Waals surface area contributed by atoms with Crippen molar-refractivity contribution in [3.63, 3.8) is 0 Å². The molecule has 0 fully saturated rings. The molecule has 2 aromatic rings. The van der Waals surface area contributed by atoms with Crippen LogP contribution in [-0.2, 0) is 10.1 Å². The molecular weight excluding hydrogens is 364 g/mol. The maximum absolute atomic E-state index is 10.5. The second-order valence-electron chi connectivity index (χ2n) is 4.87. The summed E-state index contributed by atoms with van der Waals surface area (Å²) in [5.74, 6) is -0.460. The predicted molar refractivity (Wildman–Crippen MR) is 94.9 cm³/mol. The van der Waals surface area contributed by atoms with Crippen molar-refractivity contribution in [3.8, 4) is 11.5 Å². The number of benzene rings is 2. The molecule has 26 heavy (non-hydrogen) atoms. The highest BCUT2D eigenvalue weighted by Gasteiger charge is 2.06. The quantitative estimate of drug-likeness (QED) is 0.197. The molecule has 0 unspecified atom stereocenters. The highest BCUT2D eigenvalue weighted by molar-refractivity contribution is 7.85. The van der Waals surface area contributed by atoms with Gasteiger partial charge < -0.3 is 15.9 Å². The van der Waals surface area contributed by atoms with E-state index in [1.165, 1.54) is 36.5 Å². The molecule has 0 bridgehead atoms. The van der Waals surface area contributed by atoms with Crippen LogP contribution in [0.15, 0.2) is 57.6 Å². The number of rotatable bonds is 3. The van der Waals surface area contributed by atoms with Crippen molar-refractivity contribution >= 4 is 22.3 Å². The maximum atomic E-state index is 10.5. The fourth-order valence-electron chi connectivity index (χ4n) is 1.53. The van der Waals surface area contributed by atoms with Gasteiger partial charge in [0.2, 0.25) is 5.96 Å². The summed E-state index contributed by atoms with van der Waals surface area (Å²) in [5.41, 5.74) is 7.98. The maximum Gasteiger partial charge on any atom is 0.294 e. The molecule has 0 radical (unpaired) electrons. The molecule has 11 heteroatoms. The van der Waals surface area contributed by atoms with Crippen molar-refractivity contribution in [1.82, 2.24) is 5.48 Å². The average molecular weight is 382 g/mol. The van der Waals surface area contributed by atoms with Gasteiger partial charge in [-0.15, -0.1) is 5.10 Å². The Morgan fingerprint density at radius 1 is 1.15 bits per heavy atom. The first-order chi connectivity index (χ1) is 12.1. The number of aromatic hydroxyl groups is 2. The normalized spacial score (nSPS) is 11.7. The zero-order chi connectivity index (χ0) is 19.7. The van der Waals surface area contributed by atoms with Crippen molar-refractivity contribution in [1.29, 1.82) is 0 Å². The van der Waals surface area contributed by atoms with E-state index < -0.39 is 10.1 Å². The molecule has 7 N–H and O–H groups in total. The third-order valence-electron chi connectivity index (χ3n) is 2.81. The lowest BCUT2D eigenvalue weighted by molar-refractivity contribution is 0.232. The van der Waals surface area contributed by atoms with E-state index >= 15 is 0 Å². The van der Waals surface area contributed by atoms with Crippen molar-refractivity contribution in [2.75, 3.05) is 0 Å². The van der Waals surface area contributed by atoms with Gasteiger partial charge in [0.15, 0.2) is 0 Å². The van der Waals surface area contributed by atoms with E-state index in [2.05, 4.69) is 10.2 Å². The Balaban J connectivity index is 0.000000273. The third-order valence-corrected chi connectivity index (χ3v) is 3.68. The van der Waals surface area contributed by atoms with Crippen molar-refractivity contribution in [3.05, 3.63) is 53.6 Å². The number of nitrogens with zero attached hydrogens (tertiary/aromatic N) is 2. The van der Waals surface area contributed by atoms with Crippen molar-refractivity contribution in [2.45, 2.75) is 11.8 Å². The van der Waals surface area contributed by atoms with Gasteiger partial charge in [0.1, 0.15) is 11.5 Å². The van der Waals surface area contributed by atoms with Crippen LogP contribution in [0.25, 0.3) is 0 Å². The number of phenols is 2. The van der Waals surface area contributed by atoms with Gasteiger partial charge >= 0.3 is 0 Å². The molecule has 0 heterocycles. The summed E-state index contributed by atoms with van der Waals surface area (Å²) in [6.07, 6.45) is 1.22. The second kappa shape index (κ2) is 9.36. The minimum atomic E-state index is -4.02. The van der Waals surface area contributed by atoms with Gasteiger partial charge in [-0.2, -0.15) is 13.5 Å². The fraction of sp³-hybridized carbons (Fsp3) is 0.0667. The van der Waals surface area contributed by atoms with Crippen LogP contribution in [0.3, 0.4) is 0 Å². The largest absolute Gasteiger partial charge is 0.508 e. The standard InChI is InChI=1S/C8H10N4O3.C7H8O3S/c9-8(12-15)11-10-4-5-1-2-6(13)3-7(5)14;1-6-2-4-7(5-3-6)11(8,9)10/h1-4,13-15H,(H3,9,11,12);2-5H,1H3,(H,8,9,10). The number of hydrogen-bond acceptors (Lipinski definition) is 7. The summed E-state index contributed by atoms with van der Waals surface area (Å²) in [6.45, 7) is 1.84. The Labute approximate surface area is 149 Å². The third kappa shape index (κ3) is 7.17. The van der Waals surface area contributed by atoms with E-state index in [0.717, 1.165) is 5.56 Å².